The summed E-state index contributed by atoms with van der Waals surface area (Å²) in [5, 5.41) is 1.62. The molecule has 1 rings (SSSR count). The minimum atomic E-state index is -6.01. The van der Waals surface area contributed by atoms with Gasteiger partial charge in [0, 0.05) is 0 Å². The normalized spacial score (nSPS) is 27.3. The van der Waals surface area contributed by atoms with Crippen molar-refractivity contribution in [3.8, 4) is 0 Å². The van der Waals surface area contributed by atoms with Crippen molar-refractivity contribution in [2.75, 3.05) is 5.88 Å². The molecule has 1 N–H and O–H groups in total. The number of Topliss-reactive ketones (excluding diaryl/α,β-unsaturated/α-hetero) is 1. The third-order valence-corrected chi connectivity index (χ3v) is 3.89. The molecule has 0 saturated heterocycles. The topological polar surface area (TPSA) is 46.2 Å². The van der Waals surface area contributed by atoms with E-state index in [1.807, 2.05) is 0 Å². The van der Waals surface area contributed by atoms with Crippen LogP contribution in [0.3, 0.4) is 0 Å². The molecule has 1 saturated carbocycles. The van der Waals surface area contributed by atoms with E-state index < -0.39 is 35.2 Å². The van der Waals surface area contributed by atoms with Gasteiger partial charge in [0.05, 0.1) is 5.88 Å². The molecule has 0 spiro atoms. The molecule has 1 aliphatic carbocycles. The highest BCUT2D eigenvalue weighted by Gasteiger charge is 2.64. The van der Waals surface area contributed by atoms with Crippen LogP contribution < -0.4 is 5.32 Å². The first-order valence-electron chi connectivity index (χ1n) is 6.32. The third kappa shape index (κ3) is 3.64. The summed E-state index contributed by atoms with van der Waals surface area (Å²) in [6.45, 7) is 1.73. The average Bonchev–Trinajstić information content (AvgIpc) is 2.36. The predicted molar refractivity (Wildman–Crippen MR) is 65.2 cm³/mol. The molecule has 2 atom stereocenters. The van der Waals surface area contributed by atoms with Crippen molar-refractivity contribution in [1.82, 2.24) is 5.32 Å². The average molecular weight is 336 g/mol. The standard InChI is InChI=1S/C12H15ClF5NO2/c1-7-3-2-4-10(5-7,8(20)6-13)19-9(21)11(14,15)12(16,17)18/h7H,2-6H2,1H3,(H,19,21). The number of alkyl halides is 6. The van der Waals surface area contributed by atoms with Crippen molar-refractivity contribution in [3.63, 3.8) is 0 Å². The Morgan fingerprint density at radius 1 is 1.29 bits per heavy atom. The van der Waals surface area contributed by atoms with Gasteiger partial charge in [-0.05, 0) is 18.8 Å². The van der Waals surface area contributed by atoms with Gasteiger partial charge < -0.3 is 5.32 Å². The van der Waals surface area contributed by atoms with E-state index in [0.29, 0.717) is 12.8 Å². The van der Waals surface area contributed by atoms with Crippen LogP contribution in [0, 0.1) is 5.92 Å². The lowest BCUT2D eigenvalue weighted by Gasteiger charge is -2.39. The molecule has 0 heterocycles. The largest absolute Gasteiger partial charge is 0.463 e. The van der Waals surface area contributed by atoms with E-state index in [4.69, 9.17) is 11.6 Å². The smallest absolute Gasteiger partial charge is 0.338 e. The molecule has 122 valence electrons. The Morgan fingerprint density at radius 3 is 2.29 bits per heavy atom. The SMILES string of the molecule is CC1CCCC(NC(=O)C(F)(F)C(F)(F)F)(C(=O)CCl)C1. The quantitative estimate of drug-likeness (QED) is 0.634. The Morgan fingerprint density at radius 2 is 1.86 bits per heavy atom. The fourth-order valence-electron chi connectivity index (χ4n) is 2.54. The molecular formula is C12H15ClF5NO2. The summed E-state index contributed by atoms with van der Waals surface area (Å²) in [4.78, 5) is 23.2. The van der Waals surface area contributed by atoms with Gasteiger partial charge >= 0.3 is 18.0 Å². The van der Waals surface area contributed by atoms with Crippen LogP contribution in [-0.2, 0) is 9.59 Å². The highest BCUT2D eigenvalue weighted by molar-refractivity contribution is 6.29. The second-order valence-corrected chi connectivity index (χ2v) is 5.63. The van der Waals surface area contributed by atoms with E-state index in [1.54, 1.807) is 12.2 Å². The number of carbonyl (C=O) groups excluding carboxylic acids is 2. The second-order valence-electron chi connectivity index (χ2n) is 5.37. The summed E-state index contributed by atoms with van der Waals surface area (Å²) >= 11 is 5.40. The fraction of sp³-hybridized carbons (Fsp3) is 0.833. The van der Waals surface area contributed by atoms with Gasteiger partial charge in [0.25, 0.3) is 0 Å². The number of hydrogen-bond acceptors (Lipinski definition) is 2. The number of rotatable bonds is 4. The van der Waals surface area contributed by atoms with Crippen LogP contribution in [0.4, 0.5) is 22.0 Å². The van der Waals surface area contributed by atoms with E-state index in [-0.39, 0.29) is 18.8 Å². The van der Waals surface area contributed by atoms with Crippen molar-refractivity contribution < 1.29 is 31.5 Å². The van der Waals surface area contributed by atoms with Crippen molar-refractivity contribution in [2.45, 2.75) is 50.2 Å². The minimum Gasteiger partial charge on any atom is -0.338 e. The van der Waals surface area contributed by atoms with Crippen LogP contribution >= 0.6 is 11.6 Å². The Bertz CT molecular complexity index is 426. The maximum absolute atomic E-state index is 13.0. The van der Waals surface area contributed by atoms with Gasteiger partial charge in [-0.1, -0.05) is 19.8 Å². The molecule has 1 amide bonds. The lowest BCUT2D eigenvalue weighted by atomic mass is 9.74. The number of hydrogen-bond donors (Lipinski definition) is 1. The molecule has 1 fully saturated rings. The molecule has 0 aromatic rings. The summed E-state index contributed by atoms with van der Waals surface area (Å²) in [5.74, 6) is -9.46. The van der Waals surface area contributed by atoms with Crippen molar-refractivity contribution in [1.29, 1.82) is 0 Å². The van der Waals surface area contributed by atoms with Gasteiger partial charge in [-0.3, -0.25) is 9.59 Å². The number of carbonyl (C=O) groups is 2. The lowest BCUT2D eigenvalue weighted by Crippen LogP contribution is -2.62. The summed E-state index contributed by atoms with van der Waals surface area (Å²) < 4.78 is 62.7. The molecule has 21 heavy (non-hydrogen) atoms. The molecule has 0 aliphatic heterocycles. The fourth-order valence-corrected chi connectivity index (χ4v) is 2.80. The first kappa shape index (κ1) is 18.1. The van der Waals surface area contributed by atoms with Crippen LogP contribution in [0.25, 0.3) is 0 Å². The second kappa shape index (κ2) is 6.06. The maximum atomic E-state index is 13.0. The molecule has 1 aliphatic rings. The number of halogens is 6. The van der Waals surface area contributed by atoms with Crippen LogP contribution in [0.1, 0.15) is 32.6 Å². The molecule has 0 bridgehead atoms. The van der Waals surface area contributed by atoms with E-state index in [9.17, 15) is 31.5 Å². The summed E-state index contributed by atoms with van der Waals surface area (Å²) in [5.41, 5.74) is -1.74. The lowest BCUT2D eigenvalue weighted by molar-refractivity contribution is -0.270. The molecule has 2 unspecified atom stereocenters. The summed E-state index contributed by atoms with van der Waals surface area (Å²) in [6.07, 6.45) is -4.88. The molecule has 0 aromatic heterocycles. The van der Waals surface area contributed by atoms with Crippen molar-refractivity contribution in [3.05, 3.63) is 0 Å². The van der Waals surface area contributed by atoms with Gasteiger partial charge in [0.15, 0.2) is 5.78 Å². The first-order valence-corrected chi connectivity index (χ1v) is 6.86. The van der Waals surface area contributed by atoms with Gasteiger partial charge in [-0.25, -0.2) is 0 Å². The zero-order valence-corrected chi connectivity index (χ0v) is 12.0. The highest BCUT2D eigenvalue weighted by atomic mass is 35.5. The molecule has 3 nitrogen and oxygen atoms in total. The molecular weight excluding hydrogens is 321 g/mol. The third-order valence-electron chi connectivity index (χ3n) is 3.65. The zero-order valence-electron chi connectivity index (χ0n) is 11.2. The molecule has 0 aromatic carbocycles. The van der Waals surface area contributed by atoms with E-state index >= 15 is 0 Å². The summed E-state index contributed by atoms with van der Waals surface area (Å²) in [7, 11) is 0. The number of nitrogens with one attached hydrogen (secondary N) is 1. The maximum Gasteiger partial charge on any atom is 0.463 e. The Hall–Kier alpha value is -0.920. The van der Waals surface area contributed by atoms with Crippen LogP contribution in [-0.4, -0.2) is 35.2 Å². The molecule has 9 heteroatoms. The first-order chi connectivity index (χ1) is 9.46. The molecule has 0 radical (unpaired) electrons. The van der Waals surface area contributed by atoms with Gasteiger partial charge in [-0.2, -0.15) is 22.0 Å². The zero-order chi connectivity index (χ0) is 16.5. The monoisotopic (exact) mass is 335 g/mol. The Balaban J connectivity index is 3.03. The van der Waals surface area contributed by atoms with Crippen molar-refractivity contribution in [2.24, 2.45) is 5.92 Å². The van der Waals surface area contributed by atoms with Crippen LogP contribution in [0.2, 0.25) is 0 Å². The van der Waals surface area contributed by atoms with Crippen molar-refractivity contribution >= 4 is 23.3 Å². The van der Waals surface area contributed by atoms with E-state index in [1.165, 1.54) is 0 Å². The number of ketones is 1. The Labute approximate surface area is 123 Å². The highest BCUT2D eigenvalue weighted by Crippen LogP contribution is 2.38. The summed E-state index contributed by atoms with van der Waals surface area (Å²) in [6, 6.07) is 0. The van der Waals surface area contributed by atoms with Crippen LogP contribution in [0.15, 0.2) is 0 Å². The Kier molecular flexibility index (Phi) is 5.23. The van der Waals surface area contributed by atoms with Gasteiger partial charge in [-0.15, -0.1) is 11.6 Å². The van der Waals surface area contributed by atoms with Crippen LogP contribution in [0.5, 0.6) is 0 Å². The van der Waals surface area contributed by atoms with Gasteiger partial charge in [0.2, 0.25) is 0 Å². The minimum absolute atomic E-state index is 0.00176. The van der Waals surface area contributed by atoms with E-state index in [2.05, 4.69) is 0 Å². The van der Waals surface area contributed by atoms with Gasteiger partial charge in [0.1, 0.15) is 5.54 Å². The van der Waals surface area contributed by atoms with E-state index in [0.717, 1.165) is 0 Å². The number of amides is 1. The predicted octanol–water partition coefficient (Wildman–Crippen LogP) is 3.06.